The zero-order valence-corrected chi connectivity index (χ0v) is 9.47. The van der Waals surface area contributed by atoms with Crippen LogP contribution in [-0.2, 0) is 11.2 Å². The highest BCUT2D eigenvalue weighted by molar-refractivity contribution is 7.99. The third-order valence-electron chi connectivity index (χ3n) is 1.70. The van der Waals surface area contributed by atoms with Crippen molar-refractivity contribution in [3.05, 3.63) is 24.2 Å². The SMILES string of the molecule is CC(C)CSCC(=O)Cc1ccoc1. The standard InChI is InChI=1S/C11H16O2S/c1-9(2)7-14-8-11(12)5-10-3-4-13-6-10/h3-4,6,9H,5,7-8H2,1-2H3. The van der Waals surface area contributed by atoms with Crippen molar-refractivity contribution in [3.8, 4) is 0 Å². The number of thioether (sulfide) groups is 1. The molecule has 0 aliphatic heterocycles. The van der Waals surface area contributed by atoms with Crippen LogP contribution in [0, 0.1) is 5.92 Å². The topological polar surface area (TPSA) is 30.2 Å². The normalized spacial score (nSPS) is 10.8. The molecule has 0 aliphatic carbocycles. The fourth-order valence-corrected chi connectivity index (χ4v) is 2.00. The molecule has 1 aromatic rings. The zero-order valence-electron chi connectivity index (χ0n) is 8.66. The van der Waals surface area contributed by atoms with Crippen molar-refractivity contribution in [2.24, 2.45) is 5.92 Å². The third kappa shape index (κ3) is 4.51. The van der Waals surface area contributed by atoms with Crippen molar-refractivity contribution in [3.63, 3.8) is 0 Å². The molecule has 14 heavy (non-hydrogen) atoms. The largest absolute Gasteiger partial charge is 0.472 e. The molecule has 0 aliphatic rings. The average molecular weight is 212 g/mol. The van der Waals surface area contributed by atoms with E-state index in [-0.39, 0.29) is 5.78 Å². The van der Waals surface area contributed by atoms with Crippen molar-refractivity contribution < 1.29 is 9.21 Å². The van der Waals surface area contributed by atoms with Crippen molar-refractivity contribution in [2.75, 3.05) is 11.5 Å². The van der Waals surface area contributed by atoms with Crippen molar-refractivity contribution >= 4 is 17.5 Å². The second-order valence-corrected chi connectivity index (χ2v) is 4.79. The molecule has 0 spiro atoms. The van der Waals surface area contributed by atoms with Gasteiger partial charge in [-0.1, -0.05) is 13.8 Å². The number of rotatable bonds is 6. The van der Waals surface area contributed by atoms with Crippen molar-refractivity contribution in [1.82, 2.24) is 0 Å². The molecule has 0 saturated heterocycles. The highest BCUT2D eigenvalue weighted by Crippen LogP contribution is 2.09. The van der Waals surface area contributed by atoms with E-state index >= 15 is 0 Å². The fraction of sp³-hybridized carbons (Fsp3) is 0.545. The summed E-state index contributed by atoms with van der Waals surface area (Å²) in [5.74, 6) is 2.60. The average Bonchev–Trinajstić information content (AvgIpc) is 2.56. The number of furan rings is 1. The van der Waals surface area contributed by atoms with Gasteiger partial charge in [0.2, 0.25) is 0 Å². The van der Waals surface area contributed by atoms with Crippen LogP contribution in [0.3, 0.4) is 0 Å². The molecule has 0 N–H and O–H groups in total. The molecule has 0 saturated carbocycles. The lowest BCUT2D eigenvalue weighted by molar-refractivity contribution is -0.116. The van der Waals surface area contributed by atoms with Crippen LogP contribution >= 0.6 is 11.8 Å². The van der Waals surface area contributed by atoms with Gasteiger partial charge < -0.3 is 4.42 Å². The minimum Gasteiger partial charge on any atom is -0.472 e. The monoisotopic (exact) mass is 212 g/mol. The molecule has 0 amide bonds. The Labute approximate surface area is 89.1 Å². The van der Waals surface area contributed by atoms with Gasteiger partial charge in [0, 0.05) is 6.42 Å². The molecule has 0 unspecified atom stereocenters. The van der Waals surface area contributed by atoms with Crippen LogP contribution in [0.25, 0.3) is 0 Å². The molecule has 0 fully saturated rings. The van der Waals surface area contributed by atoms with Gasteiger partial charge >= 0.3 is 0 Å². The summed E-state index contributed by atoms with van der Waals surface area (Å²) < 4.78 is 4.90. The van der Waals surface area contributed by atoms with Crippen molar-refractivity contribution in [2.45, 2.75) is 20.3 Å². The molecule has 1 rings (SSSR count). The third-order valence-corrected chi connectivity index (χ3v) is 3.12. The van der Waals surface area contributed by atoms with Gasteiger partial charge in [-0.15, -0.1) is 0 Å². The first kappa shape index (κ1) is 11.4. The molecule has 1 aromatic heterocycles. The molecule has 0 bridgehead atoms. The Kier molecular flexibility index (Phi) is 4.80. The van der Waals surface area contributed by atoms with Crippen molar-refractivity contribution in [1.29, 1.82) is 0 Å². The molecule has 3 heteroatoms. The van der Waals surface area contributed by atoms with E-state index in [0.717, 1.165) is 11.3 Å². The van der Waals surface area contributed by atoms with Crippen LogP contribution in [0.2, 0.25) is 0 Å². The first-order chi connectivity index (χ1) is 6.68. The molecular weight excluding hydrogens is 196 g/mol. The number of hydrogen-bond acceptors (Lipinski definition) is 3. The Hall–Kier alpha value is -0.700. The molecule has 2 nitrogen and oxygen atoms in total. The molecule has 1 heterocycles. The summed E-state index contributed by atoms with van der Waals surface area (Å²) in [4.78, 5) is 11.4. The Morgan fingerprint density at radius 2 is 2.36 bits per heavy atom. The van der Waals surface area contributed by atoms with Gasteiger partial charge in [0.1, 0.15) is 5.78 Å². The minimum atomic E-state index is 0.275. The summed E-state index contributed by atoms with van der Waals surface area (Å²) in [6.07, 6.45) is 3.73. The summed E-state index contributed by atoms with van der Waals surface area (Å²) in [7, 11) is 0. The molecule has 0 atom stereocenters. The van der Waals surface area contributed by atoms with Crippen LogP contribution in [0.5, 0.6) is 0 Å². The number of hydrogen-bond donors (Lipinski definition) is 0. The molecule has 78 valence electrons. The molecular formula is C11H16O2S. The van der Waals surface area contributed by atoms with Gasteiger partial charge in [-0.25, -0.2) is 0 Å². The number of carbonyl (C=O) groups is 1. The second kappa shape index (κ2) is 5.91. The van der Waals surface area contributed by atoms with E-state index in [2.05, 4.69) is 13.8 Å². The smallest absolute Gasteiger partial charge is 0.147 e. The summed E-state index contributed by atoms with van der Waals surface area (Å²) in [6, 6.07) is 1.84. The van der Waals surface area contributed by atoms with Crippen LogP contribution in [0.1, 0.15) is 19.4 Å². The number of carbonyl (C=O) groups excluding carboxylic acids is 1. The van der Waals surface area contributed by atoms with Crippen LogP contribution < -0.4 is 0 Å². The highest BCUT2D eigenvalue weighted by atomic mass is 32.2. The van der Waals surface area contributed by atoms with Gasteiger partial charge in [0.25, 0.3) is 0 Å². The van der Waals surface area contributed by atoms with E-state index < -0.39 is 0 Å². The quantitative estimate of drug-likeness (QED) is 0.726. The van der Waals surface area contributed by atoms with E-state index in [1.54, 1.807) is 24.3 Å². The lowest BCUT2D eigenvalue weighted by Gasteiger charge is -2.02. The maximum atomic E-state index is 11.4. The number of Topliss-reactive ketones (excluding diaryl/α,β-unsaturated/α-hetero) is 1. The predicted molar refractivity (Wildman–Crippen MR) is 59.6 cm³/mol. The summed E-state index contributed by atoms with van der Waals surface area (Å²) in [6.45, 7) is 4.32. The first-order valence-corrected chi connectivity index (χ1v) is 5.94. The van der Waals surface area contributed by atoms with E-state index in [0.29, 0.717) is 18.1 Å². The van der Waals surface area contributed by atoms with E-state index in [9.17, 15) is 4.79 Å². The Morgan fingerprint density at radius 1 is 1.57 bits per heavy atom. The van der Waals surface area contributed by atoms with E-state index in [1.807, 2.05) is 6.07 Å². The van der Waals surface area contributed by atoms with Crippen LogP contribution in [0.15, 0.2) is 23.0 Å². The fourth-order valence-electron chi connectivity index (χ4n) is 1.08. The summed E-state index contributed by atoms with van der Waals surface area (Å²) in [5.41, 5.74) is 0.972. The lowest BCUT2D eigenvalue weighted by Crippen LogP contribution is -2.06. The van der Waals surface area contributed by atoms with Gasteiger partial charge in [0.15, 0.2) is 0 Å². The van der Waals surface area contributed by atoms with Crippen LogP contribution in [0.4, 0.5) is 0 Å². The molecule has 0 aromatic carbocycles. The predicted octanol–water partition coefficient (Wildman–Crippen LogP) is 2.78. The van der Waals surface area contributed by atoms with Gasteiger partial charge in [0.05, 0.1) is 18.3 Å². The first-order valence-electron chi connectivity index (χ1n) is 4.79. The van der Waals surface area contributed by atoms with Gasteiger partial charge in [-0.3, -0.25) is 4.79 Å². The second-order valence-electron chi connectivity index (χ2n) is 3.76. The zero-order chi connectivity index (χ0) is 10.4. The summed E-state index contributed by atoms with van der Waals surface area (Å²) in [5, 5.41) is 0. The maximum absolute atomic E-state index is 11.4. The highest BCUT2D eigenvalue weighted by Gasteiger charge is 2.05. The summed E-state index contributed by atoms with van der Waals surface area (Å²) >= 11 is 1.71. The molecule has 0 radical (unpaired) electrons. The Morgan fingerprint density at radius 3 is 2.93 bits per heavy atom. The minimum absolute atomic E-state index is 0.275. The van der Waals surface area contributed by atoms with E-state index in [1.165, 1.54) is 0 Å². The van der Waals surface area contributed by atoms with E-state index in [4.69, 9.17) is 4.42 Å². The van der Waals surface area contributed by atoms with Gasteiger partial charge in [-0.05, 0) is 23.3 Å². The Bertz CT molecular complexity index is 265. The van der Waals surface area contributed by atoms with Crippen LogP contribution in [-0.4, -0.2) is 17.3 Å². The Balaban J connectivity index is 2.17. The maximum Gasteiger partial charge on any atom is 0.147 e. The number of ketones is 1. The van der Waals surface area contributed by atoms with Gasteiger partial charge in [-0.2, -0.15) is 11.8 Å². The lowest BCUT2D eigenvalue weighted by atomic mass is 10.2.